The molecular formula is C15H14BrClN2O. The summed E-state index contributed by atoms with van der Waals surface area (Å²) in [6.07, 6.45) is 0. The van der Waals surface area contributed by atoms with Gasteiger partial charge < -0.3 is 11.1 Å². The van der Waals surface area contributed by atoms with E-state index in [2.05, 4.69) is 21.2 Å². The van der Waals surface area contributed by atoms with Gasteiger partial charge in [0, 0.05) is 10.2 Å². The van der Waals surface area contributed by atoms with E-state index in [1.165, 1.54) is 0 Å². The van der Waals surface area contributed by atoms with E-state index in [1.54, 1.807) is 18.2 Å². The first-order valence-electron chi connectivity index (χ1n) is 6.08. The van der Waals surface area contributed by atoms with Crippen LogP contribution >= 0.6 is 27.5 Å². The van der Waals surface area contributed by atoms with Gasteiger partial charge in [0.15, 0.2) is 0 Å². The Bertz CT molecular complexity index is 628. The Balaban J connectivity index is 2.13. The molecule has 0 aliphatic rings. The number of carbonyl (C=O) groups is 1. The van der Waals surface area contributed by atoms with Gasteiger partial charge >= 0.3 is 0 Å². The Morgan fingerprint density at radius 2 is 1.90 bits per heavy atom. The van der Waals surface area contributed by atoms with Crippen LogP contribution in [0.3, 0.4) is 0 Å². The maximum absolute atomic E-state index is 12.2. The van der Waals surface area contributed by atoms with Gasteiger partial charge in [0.1, 0.15) is 0 Å². The van der Waals surface area contributed by atoms with Crippen LogP contribution in [0.4, 0.5) is 5.69 Å². The molecule has 0 aliphatic heterocycles. The van der Waals surface area contributed by atoms with E-state index in [4.69, 9.17) is 17.3 Å². The van der Waals surface area contributed by atoms with Crippen LogP contribution in [0.1, 0.15) is 28.9 Å². The molecule has 2 aromatic rings. The van der Waals surface area contributed by atoms with Crippen molar-refractivity contribution in [1.82, 2.24) is 5.32 Å². The highest BCUT2D eigenvalue weighted by molar-refractivity contribution is 9.10. The van der Waals surface area contributed by atoms with Gasteiger partial charge in [-0.05, 0) is 42.8 Å². The lowest BCUT2D eigenvalue weighted by Gasteiger charge is -2.15. The number of nitrogens with one attached hydrogen (secondary N) is 1. The highest BCUT2D eigenvalue weighted by Crippen LogP contribution is 2.22. The summed E-state index contributed by atoms with van der Waals surface area (Å²) in [6.45, 7) is 1.91. The maximum atomic E-state index is 12.2. The van der Waals surface area contributed by atoms with Gasteiger partial charge in [-0.3, -0.25) is 4.79 Å². The van der Waals surface area contributed by atoms with E-state index in [1.807, 2.05) is 31.2 Å². The van der Waals surface area contributed by atoms with Crippen LogP contribution in [0, 0.1) is 0 Å². The van der Waals surface area contributed by atoms with Crippen LogP contribution in [0.25, 0.3) is 0 Å². The molecule has 3 N–H and O–H groups in total. The van der Waals surface area contributed by atoms with Crippen LogP contribution in [-0.4, -0.2) is 5.91 Å². The summed E-state index contributed by atoms with van der Waals surface area (Å²) >= 11 is 9.38. The minimum absolute atomic E-state index is 0.122. The zero-order valence-corrected chi connectivity index (χ0v) is 13.2. The van der Waals surface area contributed by atoms with Crippen molar-refractivity contribution in [2.45, 2.75) is 13.0 Å². The number of amides is 1. The maximum Gasteiger partial charge on any atom is 0.253 e. The molecule has 3 nitrogen and oxygen atoms in total. The first-order valence-corrected chi connectivity index (χ1v) is 7.26. The minimum atomic E-state index is -0.202. The van der Waals surface area contributed by atoms with Crippen LogP contribution in [0.15, 0.2) is 46.9 Å². The fourth-order valence-electron chi connectivity index (χ4n) is 1.82. The molecule has 104 valence electrons. The smallest absolute Gasteiger partial charge is 0.253 e. The van der Waals surface area contributed by atoms with Gasteiger partial charge in [-0.25, -0.2) is 0 Å². The van der Waals surface area contributed by atoms with Crippen molar-refractivity contribution in [1.29, 1.82) is 0 Å². The van der Waals surface area contributed by atoms with E-state index in [-0.39, 0.29) is 11.9 Å². The number of rotatable bonds is 3. The second-order valence-electron chi connectivity index (χ2n) is 4.49. The number of benzene rings is 2. The lowest BCUT2D eigenvalue weighted by Crippen LogP contribution is -2.26. The summed E-state index contributed by atoms with van der Waals surface area (Å²) in [5.74, 6) is -0.202. The highest BCUT2D eigenvalue weighted by Gasteiger charge is 2.14. The molecule has 2 rings (SSSR count). The van der Waals surface area contributed by atoms with Crippen molar-refractivity contribution >= 4 is 39.1 Å². The SMILES string of the molecule is CC(NC(=O)c1ccc(Br)cc1Cl)c1ccc(N)cc1. The van der Waals surface area contributed by atoms with E-state index >= 15 is 0 Å². The molecule has 0 aliphatic carbocycles. The van der Waals surface area contributed by atoms with Gasteiger partial charge in [-0.15, -0.1) is 0 Å². The molecule has 20 heavy (non-hydrogen) atoms. The fourth-order valence-corrected chi connectivity index (χ4v) is 2.58. The largest absolute Gasteiger partial charge is 0.399 e. The second-order valence-corrected chi connectivity index (χ2v) is 5.81. The molecule has 1 atom stereocenters. The molecule has 1 unspecified atom stereocenters. The minimum Gasteiger partial charge on any atom is -0.399 e. The zero-order chi connectivity index (χ0) is 14.7. The highest BCUT2D eigenvalue weighted by atomic mass is 79.9. The number of nitrogen functional groups attached to an aromatic ring is 1. The number of halogens is 2. The fraction of sp³-hybridized carbons (Fsp3) is 0.133. The average Bonchev–Trinajstić information content (AvgIpc) is 2.39. The number of carbonyl (C=O) groups excluding carboxylic acids is 1. The van der Waals surface area contributed by atoms with E-state index in [9.17, 15) is 4.79 Å². The molecular weight excluding hydrogens is 340 g/mol. The number of hydrogen-bond donors (Lipinski definition) is 2. The first-order chi connectivity index (χ1) is 9.47. The zero-order valence-electron chi connectivity index (χ0n) is 10.9. The molecule has 0 saturated carbocycles. The van der Waals surface area contributed by atoms with Crippen molar-refractivity contribution in [3.05, 3.63) is 63.1 Å². The molecule has 0 spiro atoms. The van der Waals surface area contributed by atoms with Crippen LogP contribution < -0.4 is 11.1 Å². The third-order valence-corrected chi connectivity index (χ3v) is 3.77. The van der Waals surface area contributed by atoms with Crippen molar-refractivity contribution in [3.8, 4) is 0 Å². The number of hydrogen-bond acceptors (Lipinski definition) is 2. The number of nitrogens with two attached hydrogens (primary N) is 1. The Morgan fingerprint density at radius 1 is 1.25 bits per heavy atom. The molecule has 0 aromatic heterocycles. The molecule has 0 heterocycles. The van der Waals surface area contributed by atoms with Crippen LogP contribution in [0.5, 0.6) is 0 Å². The second kappa shape index (κ2) is 6.29. The summed E-state index contributed by atoms with van der Waals surface area (Å²) < 4.78 is 0.839. The Labute approximate surface area is 131 Å². The lowest BCUT2D eigenvalue weighted by molar-refractivity contribution is 0.0940. The molecule has 5 heteroatoms. The third-order valence-electron chi connectivity index (χ3n) is 2.96. The van der Waals surface area contributed by atoms with E-state index in [0.29, 0.717) is 16.3 Å². The van der Waals surface area contributed by atoms with Crippen molar-refractivity contribution < 1.29 is 4.79 Å². The summed E-state index contributed by atoms with van der Waals surface area (Å²) in [5.41, 5.74) is 7.78. The van der Waals surface area contributed by atoms with Crippen molar-refractivity contribution in [2.75, 3.05) is 5.73 Å². The number of anilines is 1. The lowest BCUT2D eigenvalue weighted by atomic mass is 10.1. The normalized spacial score (nSPS) is 11.9. The Hall–Kier alpha value is -1.52. The average molecular weight is 354 g/mol. The summed E-state index contributed by atoms with van der Waals surface area (Å²) in [7, 11) is 0. The topological polar surface area (TPSA) is 55.1 Å². The molecule has 0 radical (unpaired) electrons. The monoisotopic (exact) mass is 352 g/mol. The van der Waals surface area contributed by atoms with Gasteiger partial charge in [0.05, 0.1) is 16.6 Å². The van der Waals surface area contributed by atoms with E-state index < -0.39 is 0 Å². The summed E-state index contributed by atoms with van der Waals surface area (Å²) in [6, 6.07) is 12.5. The quantitative estimate of drug-likeness (QED) is 0.813. The van der Waals surface area contributed by atoms with Crippen LogP contribution in [0.2, 0.25) is 5.02 Å². The molecule has 1 amide bonds. The molecule has 0 fully saturated rings. The molecule has 0 saturated heterocycles. The van der Waals surface area contributed by atoms with Gasteiger partial charge in [0.2, 0.25) is 0 Å². The standard InChI is InChI=1S/C15H14BrClN2O/c1-9(10-2-5-12(18)6-3-10)19-15(20)13-7-4-11(16)8-14(13)17/h2-9H,18H2,1H3,(H,19,20). The summed E-state index contributed by atoms with van der Waals surface area (Å²) in [5, 5.41) is 3.33. The van der Waals surface area contributed by atoms with Gasteiger partial charge in [-0.2, -0.15) is 0 Å². The first kappa shape index (κ1) is 14.9. The predicted octanol–water partition coefficient (Wildman–Crippen LogP) is 4.18. The predicted molar refractivity (Wildman–Crippen MR) is 85.9 cm³/mol. The third kappa shape index (κ3) is 3.52. The Morgan fingerprint density at radius 3 is 2.50 bits per heavy atom. The van der Waals surface area contributed by atoms with E-state index in [0.717, 1.165) is 10.0 Å². The Kier molecular flexibility index (Phi) is 4.68. The van der Waals surface area contributed by atoms with Crippen LogP contribution in [-0.2, 0) is 0 Å². The van der Waals surface area contributed by atoms with Gasteiger partial charge in [-0.1, -0.05) is 39.7 Å². The molecule has 2 aromatic carbocycles. The van der Waals surface area contributed by atoms with Crippen molar-refractivity contribution in [2.24, 2.45) is 0 Å². The van der Waals surface area contributed by atoms with Crippen molar-refractivity contribution in [3.63, 3.8) is 0 Å². The van der Waals surface area contributed by atoms with Gasteiger partial charge in [0.25, 0.3) is 5.91 Å². The summed E-state index contributed by atoms with van der Waals surface area (Å²) in [4.78, 5) is 12.2. The molecule has 0 bridgehead atoms.